The van der Waals surface area contributed by atoms with Gasteiger partial charge in [0.2, 0.25) is 0 Å². The fourth-order valence-electron chi connectivity index (χ4n) is 2.13. The molecule has 1 aromatic carbocycles. The van der Waals surface area contributed by atoms with Crippen LogP contribution in [-0.4, -0.2) is 16.5 Å². The van der Waals surface area contributed by atoms with E-state index in [0.29, 0.717) is 15.9 Å². The second-order valence-electron chi connectivity index (χ2n) is 4.91. The van der Waals surface area contributed by atoms with Crippen LogP contribution in [0.1, 0.15) is 31.5 Å². The summed E-state index contributed by atoms with van der Waals surface area (Å²) in [6.07, 6.45) is 1.90. The van der Waals surface area contributed by atoms with Crippen LogP contribution >= 0.6 is 23.2 Å². The Morgan fingerprint density at radius 2 is 1.71 bits per heavy atom. The minimum absolute atomic E-state index is 0.586. The second-order valence-corrected chi connectivity index (χ2v) is 5.78. The molecular weight excluding hydrogens is 305 g/mol. The number of aromatic nitrogens is 2. The monoisotopic (exact) mass is 323 g/mol. The van der Waals surface area contributed by atoms with E-state index in [0.717, 1.165) is 42.0 Å². The summed E-state index contributed by atoms with van der Waals surface area (Å²) >= 11 is 12.1. The summed E-state index contributed by atoms with van der Waals surface area (Å²) < 4.78 is 0. The number of anilines is 1. The molecule has 1 N–H and O–H groups in total. The summed E-state index contributed by atoms with van der Waals surface area (Å²) in [6, 6.07) is 5.38. The summed E-state index contributed by atoms with van der Waals surface area (Å²) in [4.78, 5) is 9.27. The lowest BCUT2D eigenvalue weighted by molar-refractivity contribution is 0.936. The normalized spacial score (nSPS) is 10.7. The van der Waals surface area contributed by atoms with Gasteiger partial charge in [0.05, 0.1) is 0 Å². The van der Waals surface area contributed by atoms with Crippen LogP contribution < -0.4 is 5.32 Å². The van der Waals surface area contributed by atoms with E-state index in [2.05, 4.69) is 29.1 Å². The highest BCUT2D eigenvalue weighted by atomic mass is 35.5. The van der Waals surface area contributed by atoms with Gasteiger partial charge in [-0.25, -0.2) is 9.97 Å². The van der Waals surface area contributed by atoms with Crippen molar-refractivity contribution in [1.29, 1.82) is 0 Å². The predicted octanol–water partition coefficient (Wildman–Crippen LogP) is 5.14. The zero-order valence-electron chi connectivity index (χ0n) is 12.5. The van der Waals surface area contributed by atoms with Gasteiger partial charge in [0, 0.05) is 33.4 Å². The lowest BCUT2D eigenvalue weighted by Gasteiger charge is -2.13. The summed E-state index contributed by atoms with van der Waals surface area (Å²) in [6.45, 7) is 7.15. The lowest BCUT2D eigenvalue weighted by atomic mass is 10.1. The first kappa shape index (κ1) is 16.1. The van der Waals surface area contributed by atoms with E-state index in [1.54, 1.807) is 6.07 Å². The lowest BCUT2D eigenvalue weighted by Crippen LogP contribution is -2.08. The van der Waals surface area contributed by atoms with E-state index in [9.17, 15) is 0 Å². The molecule has 3 nitrogen and oxygen atoms in total. The molecule has 0 atom stereocenters. The molecule has 0 aliphatic heterocycles. The topological polar surface area (TPSA) is 37.8 Å². The molecule has 0 radical (unpaired) electrons. The molecule has 5 heteroatoms. The van der Waals surface area contributed by atoms with E-state index < -0.39 is 0 Å². The van der Waals surface area contributed by atoms with Gasteiger partial charge in [-0.2, -0.15) is 0 Å². The minimum Gasteiger partial charge on any atom is -0.370 e. The van der Waals surface area contributed by atoms with Crippen LogP contribution in [0.15, 0.2) is 18.2 Å². The minimum atomic E-state index is 0.586. The quantitative estimate of drug-likeness (QED) is 0.827. The zero-order valence-corrected chi connectivity index (χ0v) is 14.0. The largest absolute Gasteiger partial charge is 0.370 e. The number of nitrogens with one attached hydrogen (secondary N) is 1. The van der Waals surface area contributed by atoms with Crippen LogP contribution in [0.4, 0.5) is 5.82 Å². The van der Waals surface area contributed by atoms with Crippen LogP contribution in [0.3, 0.4) is 0 Å². The molecule has 0 unspecified atom stereocenters. The molecule has 0 saturated heterocycles. The van der Waals surface area contributed by atoms with Crippen molar-refractivity contribution in [2.45, 2.75) is 33.6 Å². The van der Waals surface area contributed by atoms with Crippen LogP contribution in [-0.2, 0) is 6.42 Å². The third kappa shape index (κ3) is 3.86. The molecule has 1 heterocycles. The van der Waals surface area contributed by atoms with Crippen molar-refractivity contribution in [2.75, 3.05) is 11.9 Å². The maximum atomic E-state index is 6.07. The average molecular weight is 324 g/mol. The molecule has 0 aliphatic carbocycles. The van der Waals surface area contributed by atoms with Gasteiger partial charge >= 0.3 is 0 Å². The first-order chi connectivity index (χ1) is 10.0. The number of rotatable bonds is 5. The molecule has 21 heavy (non-hydrogen) atoms. The Morgan fingerprint density at radius 3 is 2.29 bits per heavy atom. The van der Waals surface area contributed by atoms with E-state index >= 15 is 0 Å². The van der Waals surface area contributed by atoms with Crippen molar-refractivity contribution in [3.63, 3.8) is 0 Å². The van der Waals surface area contributed by atoms with Gasteiger partial charge in [0.1, 0.15) is 5.82 Å². The van der Waals surface area contributed by atoms with Gasteiger partial charge in [-0.3, -0.25) is 0 Å². The van der Waals surface area contributed by atoms with E-state index in [1.807, 2.05) is 19.1 Å². The van der Waals surface area contributed by atoms with Crippen molar-refractivity contribution in [3.8, 4) is 11.4 Å². The van der Waals surface area contributed by atoms with Crippen LogP contribution in [0, 0.1) is 6.92 Å². The average Bonchev–Trinajstić information content (AvgIpc) is 2.45. The molecule has 112 valence electrons. The molecule has 0 saturated carbocycles. The Labute approximate surface area is 135 Å². The first-order valence-corrected chi connectivity index (χ1v) is 7.88. The van der Waals surface area contributed by atoms with Crippen LogP contribution in [0.2, 0.25) is 10.0 Å². The molecular formula is C16H19Cl2N3. The van der Waals surface area contributed by atoms with Gasteiger partial charge in [-0.05, 0) is 38.0 Å². The molecule has 0 spiro atoms. The van der Waals surface area contributed by atoms with Gasteiger partial charge in [0.25, 0.3) is 0 Å². The maximum absolute atomic E-state index is 6.07. The van der Waals surface area contributed by atoms with Crippen molar-refractivity contribution < 1.29 is 0 Å². The second kappa shape index (κ2) is 7.10. The maximum Gasteiger partial charge on any atom is 0.161 e. The van der Waals surface area contributed by atoms with E-state index in [1.165, 1.54) is 0 Å². The van der Waals surface area contributed by atoms with Crippen molar-refractivity contribution in [3.05, 3.63) is 39.5 Å². The predicted molar refractivity (Wildman–Crippen MR) is 90.4 cm³/mol. The SMILES string of the molecule is CCCNc1nc(-c2cc(Cl)cc(Cl)c2)nc(CC)c1C. The molecule has 0 fully saturated rings. The summed E-state index contributed by atoms with van der Waals surface area (Å²) in [5.74, 6) is 1.54. The molecule has 0 bridgehead atoms. The van der Waals surface area contributed by atoms with Crippen molar-refractivity contribution in [2.24, 2.45) is 0 Å². The summed E-state index contributed by atoms with van der Waals surface area (Å²) in [7, 11) is 0. The van der Waals surface area contributed by atoms with E-state index in [4.69, 9.17) is 23.2 Å². The third-order valence-corrected chi connectivity index (χ3v) is 3.68. The van der Waals surface area contributed by atoms with Crippen molar-refractivity contribution in [1.82, 2.24) is 9.97 Å². The highest BCUT2D eigenvalue weighted by Gasteiger charge is 2.12. The summed E-state index contributed by atoms with van der Waals surface area (Å²) in [5, 5.41) is 4.53. The fourth-order valence-corrected chi connectivity index (χ4v) is 2.66. The molecule has 1 aromatic heterocycles. The third-order valence-electron chi connectivity index (χ3n) is 3.24. The summed E-state index contributed by atoms with van der Waals surface area (Å²) in [5.41, 5.74) is 2.97. The molecule has 2 rings (SSSR count). The van der Waals surface area contributed by atoms with Crippen molar-refractivity contribution >= 4 is 29.0 Å². The Morgan fingerprint density at radius 1 is 1.05 bits per heavy atom. The molecule has 2 aromatic rings. The number of aryl methyl sites for hydroxylation is 1. The number of hydrogen-bond acceptors (Lipinski definition) is 3. The Balaban J connectivity index is 2.52. The van der Waals surface area contributed by atoms with Gasteiger partial charge < -0.3 is 5.32 Å². The first-order valence-electron chi connectivity index (χ1n) is 7.13. The Hall–Kier alpha value is -1.32. The standard InChI is InChI=1S/C16H19Cl2N3/c1-4-6-19-15-10(3)14(5-2)20-16(21-15)11-7-12(17)9-13(18)8-11/h7-9H,4-6H2,1-3H3,(H,19,20,21). The number of halogens is 2. The number of hydrogen-bond donors (Lipinski definition) is 1. The van der Waals surface area contributed by atoms with Gasteiger partial charge in [-0.15, -0.1) is 0 Å². The van der Waals surface area contributed by atoms with E-state index in [-0.39, 0.29) is 0 Å². The highest BCUT2D eigenvalue weighted by Crippen LogP contribution is 2.27. The van der Waals surface area contributed by atoms with Crippen LogP contribution in [0.5, 0.6) is 0 Å². The Bertz CT molecular complexity index is 621. The number of benzene rings is 1. The van der Waals surface area contributed by atoms with Crippen LogP contribution in [0.25, 0.3) is 11.4 Å². The van der Waals surface area contributed by atoms with Gasteiger partial charge in [-0.1, -0.05) is 37.0 Å². The smallest absolute Gasteiger partial charge is 0.161 e. The Kier molecular flexibility index (Phi) is 5.43. The molecule has 0 amide bonds. The fraction of sp³-hybridized carbons (Fsp3) is 0.375. The zero-order chi connectivity index (χ0) is 15.4. The number of nitrogens with zero attached hydrogens (tertiary/aromatic N) is 2. The molecule has 0 aliphatic rings. The highest BCUT2D eigenvalue weighted by molar-refractivity contribution is 6.35. The van der Waals surface area contributed by atoms with Gasteiger partial charge in [0.15, 0.2) is 5.82 Å².